The van der Waals surface area contributed by atoms with Gasteiger partial charge in [0.15, 0.2) is 0 Å². The van der Waals surface area contributed by atoms with E-state index in [1.807, 2.05) is 33.0 Å². The molecular formula is C31H42FN5O4SSi. The second-order valence-electron chi connectivity index (χ2n) is 13.0. The van der Waals surface area contributed by atoms with Crippen LogP contribution in [0.3, 0.4) is 0 Å². The van der Waals surface area contributed by atoms with Crippen molar-refractivity contribution in [3.8, 4) is 10.6 Å². The maximum atomic E-state index is 14.3. The quantitative estimate of drug-likeness (QED) is 0.185. The summed E-state index contributed by atoms with van der Waals surface area (Å²) in [6, 6.07) is 5.40. The minimum Gasteiger partial charge on any atom is -0.444 e. The SMILES string of the molecule is CN(C(=O)OC(C)(C)C)C1CC=C(c2cc(F)ccc2NC(=O)c2csc(-c3cnn(COCC[Si](C)(C)C)c3)n2)CC1. The van der Waals surface area contributed by atoms with Crippen LogP contribution in [0.2, 0.25) is 25.7 Å². The van der Waals surface area contributed by atoms with Gasteiger partial charge in [-0.25, -0.2) is 18.9 Å². The predicted octanol–water partition coefficient (Wildman–Crippen LogP) is 7.51. The van der Waals surface area contributed by atoms with Crippen LogP contribution in [-0.4, -0.2) is 65.0 Å². The Bertz CT molecular complexity index is 1470. The van der Waals surface area contributed by atoms with E-state index in [4.69, 9.17) is 9.47 Å². The van der Waals surface area contributed by atoms with Gasteiger partial charge in [-0.2, -0.15) is 5.10 Å². The smallest absolute Gasteiger partial charge is 0.410 e. The lowest BCUT2D eigenvalue weighted by molar-refractivity contribution is 0.0215. The van der Waals surface area contributed by atoms with Crippen LogP contribution in [0.15, 0.2) is 42.0 Å². The van der Waals surface area contributed by atoms with Crippen molar-refractivity contribution < 1.29 is 23.5 Å². The third-order valence-corrected chi connectivity index (χ3v) is 9.62. The van der Waals surface area contributed by atoms with E-state index < -0.39 is 13.7 Å². The fourth-order valence-corrected chi connectivity index (χ4v) is 6.10. The number of aromatic nitrogens is 3. The lowest BCUT2D eigenvalue weighted by Gasteiger charge is -2.32. The van der Waals surface area contributed by atoms with Crippen molar-refractivity contribution in [2.45, 2.75) is 84.1 Å². The van der Waals surface area contributed by atoms with Crippen molar-refractivity contribution in [2.75, 3.05) is 19.0 Å². The van der Waals surface area contributed by atoms with Gasteiger partial charge in [-0.1, -0.05) is 25.7 Å². The van der Waals surface area contributed by atoms with Crippen LogP contribution in [-0.2, 0) is 16.2 Å². The van der Waals surface area contributed by atoms with Crippen LogP contribution in [0.4, 0.5) is 14.9 Å². The summed E-state index contributed by atoms with van der Waals surface area (Å²) in [6.07, 6.45) is 7.12. The van der Waals surface area contributed by atoms with Gasteiger partial charge in [0.1, 0.15) is 28.9 Å². The topological polar surface area (TPSA) is 98.6 Å². The zero-order valence-corrected chi connectivity index (χ0v) is 27.9. The average Bonchev–Trinajstić information content (AvgIpc) is 3.60. The van der Waals surface area contributed by atoms with Gasteiger partial charge in [0, 0.05) is 56.2 Å². The van der Waals surface area contributed by atoms with E-state index in [1.54, 1.807) is 34.3 Å². The maximum absolute atomic E-state index is 14.3. The van der Waals surface area contributed by atoms with Crippen molar-refractivity contribution in [3.05, 3.63) is 59.1 Å². The summed E-state index contributed by atoms with van der Waals surface area (Å²) in [5, 5.41) is 9.66. The third-order valence-electron chi connectivity index (χ3n) is 7.03. The highest BCUT2D eigenvalue weighted by Gasteiger charge is 2.27. The van der Waals surface area contributed by atoms with Crippen molar-refractivity contribution in [2.24, 2.45) is 0 Å². The number of hydrogen-bond acceptors (Lipinski definition) is 7. The molecule has 1 atom stereocenters. The molecule has 0 aliphatic heterocycles. The molecule has 4 rings (SSSR count). The molecule has 0 saturated carbocycles. The number of allylic oxidation sites excluding steroid dienone is 1. The molecular weight excluding hydrogens is 586 g/mol. The molecule has 0 saturated heterocycles. The van der Waals surface area contributed by atoms with Crippen molar-refractivity contribution in [3.63, 3.8) is 0 Å². The Morgan fingerprint density at radius 2 is 2.02 bits per heavy atom. The van der Waals surface area contributed by atoms with Gasteiger partial charge in [-0.15, -0.1) is 11.3 Å². The summed E-state index contributed by atoms with van der Waals surface area (Å²) in [4.78, 5) is 31.9. The van der Waals surface area contributed by atoms with Crippen molar-refractivity contribution >= 4 is 42.7 Å². The Balaban J connectivity index is 1.40. The lowest BCUT2D eigenvalue weighted by Crippen LogP contribution is -2.41. The molecule has 2 heterocycles. The van der Waals surface area contributed by atoms with Crippen LogP contribution >= 0.6 is 11.3 Å². The van der Waals surface area contributed by atoms with Gasteiger partial charge in [-0.3, -0.25) is 4.79 Å². The van der Waals surface area contributed by atoms with E-state index in [0.717, 1.165) is 17.2 Å². The molecule has 1 unspecified atom stereocenters. The summed E-state index contributed by atoms with van der Waals surface area (Å²) >= 11 is 1.36. The van der Waals surface area contributed by atoms with Gasteiger partial charge >= 0.3 is 6.09 Å². The molecule has 232 valence electrons. The van der Waals surface area contributed by atoms with E-state index in [9.17, 15) is 14.0 Å². The number of nitrogens with zero attached hydrogens (tertiary/aromatic N) is 4. The standard InChI is InChI=1S/C31H42FN5O4SSi/c1-31(2,3)41-30(39)36(4)24-11-8-21(9-12-24)25-16-23(32)10-13-26(25)34-28(38)27-19-42-29(35-27)22-17-33-37(18-22)20-40-14-15-43(5,6)7/h8,10,13,16-19,24H,9,11-12,14-15,20H2,1-7H3,(H,34,38). The number of benzene rings is 1. The first-order valence-corrected chi connectivity index (χ1v) is 19.1. The fourth-order valence-electron chi connectivity index (χ4n) is 4.57. The molecule has 0 fully saturated rings. The van der Waals surface area contributed by atoms with E-state index in [1.165, 1.54) is 23.5 Å². The third kappa shape index (κ3) is 9.31. The maximum Gasteiger partial charge on any atom is 0.410 e. The van der Waals surface area contributed by atoms with Gasteiger partial charge in [-0.05, 0) is 69.8 Å². The molecule has 0 radical (unpaired) electrons. The number of anilines is 1. The second kappa shape index (κ2) is 13.5. The van der Waals surface area contributed by atoms with E-state index >= 15 is 0 Å². The van der Waals surface area contributed by atoms with Crippen molar-refractivity contribution in [1.82, 2.24) is 19.7 Å². The highest BCUT2D eigenvalue weighted by molar-refractivity contribution is 7.13. The van der Waals surface area contributed by atoms with Gasteiger partial charge in [0.25, 0.3) is 5.91 Å². The van der Waals surface area contributed by atoms with Crippen LogP contribution in [0.25, 0.3) is 16.1 Å². The van der Waals surface area contributed by atoms with E-state index in [0.29, 0.717) is 48.9 Å². The Hall–Kier alpha value is -3.35. The minimum absolute atomic E-state index is 0.0281. The minimum atomic E-state index is -1.15. The predicted molar refractivity (Wildman–Crippen MR) is 171 cm³/mol. The average molecular weight is 628 g/mol. The summed E-state index contributed by atoms with van der Waals surface area (Å²) in [5.41, 5.74) is 2.55. The highest BCUT2D eigenvalue weighted by atomic mass is 32.1. The lowest BCUT2D eigenvalue weighted by atomic mass is 9.89. The van der Waals surface area contributed by atoms with Crippen LogP contribution in [0.5, 0.6) is 0 Å². The number of amides is 2. The Morgan fingerprint density at radius 3 is 2.70 bits per heavy atom. The highest BCUT2D eigenvalue weighted by Crippen LogP contribution is 2.34. The second-order valence-corrected chi connectivity index (χ2v) is 19.5. The van der Waals surface area contributed by atoms with Gasteiger partial charge in [0.2, 0.25) is 0 Å². The summed E-state index contributed by atoms with van der Waals surface area (Å²) in [5.74, 6) is -0.768. The zero-order chi connectivity index (χ0) is 31.4. The molecule has 2 aromatic heterocycles. The van der Waals surface area contributed by atoms with Crippen molar-refractivity contribution in [1.29, 1.82) is 0 Å². The summed E-state index contributed by atoms with van der Waals surface area (Å²) in [6.45, 7) is 13.5. The van der Waals surface area contributed by atoms with Crippen LogP contribution < -0.4 is 5.32 Å². The molecule has 1 N–H and O–H groups in total. The Morgan fingerprint density at radius 1 is 1.26 bits per heavy atom. The Labute approximate surface area is 258 Å². The largest absolute Gasteiger partial charge is 0.444 e. The Kier molecular flexibility index (Phi) is 10.2. The molecule has 0 bridgehead atoms. The molecule has 1 aromatic carbocycles. The number of ether oxygens (including phenoxy) is 2. The molecule has 0 spiro atoms. The molecule has 3 aromatic rings. The number of carbonyl (C=O) groups excluding carboxylic acids is 2. The molecule has 9 nitrogen and oxygen atoms in total. The first-order valence-electron chi connectivity index (χ1n) is 14.5. The number of thiazole rings is 1. The molecule has 12 heteroatoms. The van der Waals surface area contributed by atoms with E-state index in [-0.39, 0.29) is 29.6 Å². The normalized spacial score (nSPS) is 15.6. The number of carbonyl (C=O) groups is 2. The van der Waals surface area contributed by atoms with Gasteiger partial charge in [0.05, 0.1) is 6.20 Å². The first kappa shape index (κ1) is 32.6. The molecule has 1 aliphatic rings. The monoisotopic (exact) mass is 627 g/mol. The fraction of sp³-hybridized carbons (Fsp3) is 0.484. The van der Waals surface area contributed by atoms with E-state index in [2.05, 4.69) is 35.0 Å². The first-order chi connectivity index (χ1) is 20.2. The molecule has 2 amide bonds. The summed E-state index contributed by atoms with van der Waals surface area (Å²) < 4.78 is 27.3. The van der Waals surface area contributed by atoms with Crippen LogP contribution in [0, 0.1) is 5.82 Å². The zero-order valence-electron chi connectivity index (χ0n) is 26.1. The van der Waals surface area contributed by atoms with Gasteiger partial charge < -0.3 is 19.7 Å². The number of halogens is 1. The number of nitrogens with one attached hydrogen (secondary N) is 1. The molecule has 43 heavy (non-hydrogen) atoms. The number of hydrogen-bond donors (Lipinski definition) is 1. The molecule has 1 aliphatic carbocycles. The number of rotatable bonds is 10. The van der Waals surface area contributed by atoms with Crippen LogP contribution in [0.1, 0.15) is 56.1 Å². The summed E-state index contributed by atoms with van der Waals surface area (Å²) in [7, 11) is 0.585.